The SMILES string of the molecule is NNc1ccc(CO)cc1O. The van der Waals surface area contributed by atoms with Gasteiger partial charge >= 0.3 is 0 Å². The number of phenols is 1. The standard InChI is InChI=1S/C7H10N2O2/c8-9-6-2-1-5(4-10)3-7(6)11/h1-3,9-11H,4,8H2. The van der Waals surface area contributed by atoms with Crippen molar-refractivity contribution in [2.75, 3.05) is 5.43 Å². The second-order valence-corrected chi connectivity index (χ2v) is 2.15. The number of aromatic hydroxyl groups is 1. The van der Waals surface area contributed by atoms with Crippen LogP contribution in [0.1, 0.15) is 5.56 Å². The minimum atomic E-state index is -0.0849. The van der Waals surface area contributed by atoms with Gasteiger partial charge in [0.25, 0.3) is 0 Å². The van der Waals surface area contributed by atoms with Crippen LogP contribution in [0.15, 0.2) is 18.2 Å². The minimum absolute atomic E-state index is 0.0408. The van der Waals surface area contributed by atoms with Crippen molar-refractivity contribution in [1.29, 1.82) is 0 Å². The fourth-order valence-corrected chi connectivity index (χ4v) is 0.798. The van der Waals surface area contributed by atoms with Gasteiger partial charge in [-0.15, -0.1) is 0 Å². The first-order chi connectivity index (χ1) is 5.27. The molecule has 11 heavy (non-hydrogen) atoms. The summed E-state index contributed by atoms with van der Waals surface area (Å²) in [4.78, 5) is 0. The Hall–Kier alpha value is -1.26. The van der Waals surface area contributed by atoms with Crippen molar-refractivity contribution in [3.05, 3.63) is 23.8 Å². The predicted octanol–water partition coefficient (Wildman–Crippen LogP) is 0.170. The molecule has 0 bridgehead atoms. The quantitative estimate of drug-likeness (QED) is 0.278. The van der Waals surface area contributed by atoms with Crippen LogP contribution in [0.2, 0.25) is 0 Å². The smallest absolute Gasteiger partial charge is 0.140 e. The third-order valence-electron chi connectivity index (χ3n) is 1.40. The van der Waals surface area contributed by atoms with Crippen LogP contribution in [-0.4, -0.2) is 10.2 Å². The third kappa shape index (κ3) is 1.60. The van der Waals surface area contributed by atoms with Gasteiger partial charge in [0.1, 0.15) is 5.75 Å². The largest absolute Gasteiger partial charge is 0.506 e. The molecule has 5 N–H and O–H groups in total. The van der Waals surface area contributed by atoms with Crippen molar-refractivity contribution in [3.63, 3.8) is 0 Å². The van der Waals surface area contributed by atoms with Crippen LogP contribution in [-0.2, 0) is 6.61 Å². The van der Waals surface area contributed by atoms with Crippen LogP contribution in [0.3, 0.4) is 0 Å². The van der Waals surface area contributed by atoms with Crippen LogP contribution in [0, 0.1) is 0 Å². The van der Waals surface area contributed by atoms with Gasteiger partial charge in [-0.1, -0.05) is 6.07 Å². The fourth-order valence-electron chi connectivity index (χ4n) is 0.798. The number of hydrazine groups is 1. The Morgan fingerprint density at radius 2 is 2.18 bits per heavy atom. The van der Waals surface area contributed by atoms with Gasteiger partial charge in [0.15, 0.2) is 0 Å². The van der Waals surface area contributed by atoms with Gasteiger partial charge in [-0.25, -0.2) is 0 Å². The van der Waals surface area contributed by atoms with Crippen LogP contribution >= 0.6 is 0 Å². The Labute approximate surface area is 64.2 Å². The first-order valence-corrected chi connectivity index (χ1v) is 3.17. The van der Waals surface area contributed by atoms with E-state index in [0.717, 1.165) is 0 Å². The van der Waals surface area contributed by atoms with E-state index in [-0.39, 0.29) is 12.4 Å². The zero-order valence-electron chi connectivity index (χ0n) is 5.91. The Morgan fingerprint density at radius 1 is 1.45 bits per heavy atom. The highest BCUT2D eigenvalue weighted by Crippen LogP contribution is 2.22. The fraction of sp³-hybridized carbons (Fsp3) is 0.143. The number of nitrogens with two attached hydrogens (primary N) is 1. The van der Waals surface area contributed by atoms with Crippen molar-refractivity contribution >= 4 is 5.69 Å². The molecule has 1 rings (SSSR count). The average Bonchev–Trinajstić information content (AvgIpc) is 2.04. The van der Waals surface area contributed by atoms with Gasteiger partial charge in [0.05, 0.1) is 12.3 Å². The molecule has 0 saturated carbocycles. The molecule has 4 nitrogen and oxygen atoms in total. The summed E-state index contributed by atoms with van der Waals surface area (Å²) >= 11 is 0. The molecule has 0 spiro atoms. The molecule has 0 atom stereocenters. The van der Waals surface area contributed by atoms with Crippen molar-refractivity contribution in [3.8, 4) is 5.75 Å². The number of hydrogen-bond acceptors (Lipinski definition) is 4. The number of nitrogen functional groups attached to an aromatic ring is 1. The van der Waals surface area contributed by atoms with Crippen LogP contribution < -0.4 is 11.3 Å². The zero-order valence-corrected chi connectivity index (χ0v) is 5.91. The molecule has 0 radical (unpaired) electrons. The summed E-state index contributed by atoms with van der Waals surface area (Å²) in [5.74, 6) is 5.11. The Morgan fingerprint density at radius 3 is 2.64 bits per heavy atom. The number of nitrogens with one attached hydrogen (secondary N) is 1. The monoisotopic (exact) mass is 154 g/mol. The Balaban J connectivity index is 2.99. The molecule has 0 aliphatic rings. The number of aliphatic hydroxyl groups excluding tert-OH is 1. The summed E-state index contributed by atoms with van der Waals surface area (Å²) in [5, 5.41) is 17.8. The van der Waals surface area contributed by atoms with Crippen LogP contribution in [0.4, 0.5) is 5.69 Å². The topological polar surface area (TPSA) is 78.5 Å². The second-order valence-electron chi connectivity index (χ2n) is 2.15. The molecule has 0 aliphatic carbocycles. The third-order valence-corrected chi connectivity index (χ3v) is 1.40. The van der Waals surface area contributed by atoms with E-state index in [4.69, 9.17) is 16.1 Å². The van der Waals surface area contributed by atoms with Crippen molar-refractivity contribution < 1.29 is 10.2 Å². The molecule has 60 valence electrons. The maximum absolute atomic E-state index is 9.17. The molecule has 0 amide bonds. The predicted molar refractivity (Wildman–Crippen MR) is 41.8 cm³/mol. The van der Waals surface area contributed by atoms with Gasteiger partial charge < -0.3 is 15.6 Å². The summed E-state index contributed by atoms with van der Waals surface area (Å²) < 4.78 is 0. The van der Waals surface area contributed by atoms with E-state index in [1.807, 2.05) is 0 Å². The minimum Gasteiger partial charge on any atom is -0.506 e. The molecule has 1 aromatic rings. The number of hydrogen-bond donors (Lipinski definition) is 4. The van der Waals surface area contributed by atoms with E-state index in [1.165, 1.54) is 6.07 Å². The summed E-state index contributed by atoms with van der Waals surface area (Å²) in [6.45, 7) is -0.0849. The number of phenolic OH excluding ortho intramolecular Hbond substituents is 1. The molecule has 1 aromatic carbocycles. The number of aliphatic hydroxyl groups is 1. The first kappa shape index (κ1) is 7.84. The first-order valence-electron chi connectivity index (χ1n) is 3.17. The lowest BCUT2D eigenvalue weighted by molar-refractivity contribution is 0.281. The maximum atomic E-state index is 9.17. The van der Waals surface area contributed by atoms with Gasteiger partial charge in [-0.05, 0) is 17.7 Å². The van der Waals surface area contributed by atoms with Gasteiger partial charge in [-0.3, -0.25) is 5.84 Å². The Bertz CT molecular complexity index is 250. The van der Waals surface area contributed by atoms with Gasteiger partial charge in [-0.2, -0.15) is 0 Å². The van der Waals surface area contributed by atoms with E-state index in [0.29, 0.717) is 11.3 Å². The van der Waals surface area contributed by atoms with Gasteiger partial charge in [0.2, 0.25) is 0 Å². The Kier molecular flexibility index (Phi) is 2.30. The summed E-state index contributed by atoms with van der Waals surface area (Å²) in [6.07, 6.45) is 0. The van der Waals surface area contributed by atoms with Crippen LogP contribution in [0.5, 0.6) is 5.75 Å². The molecular weight excluding hydrogens is 144 g/mol. The molecular formula is C7H10N2O2. The maximum Gasteiger partial charge on any atom is 0.140 e. The lowest BCUT2D eigenvalue weighted by Gasteiger charge is -2.03. The lowest BCUT2D eigenvalue weighted by atomic mass is 10.2. The van der Waals surface area contributed by atoms with Crippen molar-refractivity contribution in [2.24, 2.45) is 5.84 Å². The number of benzene rings is 1. The lowest BCUT2D eigenvalue weighted by Crippen LogP contribution is -2.06. The molecule has 0 heterocycles. The number of rotatable bonds is 2. The molecule has 0 aromatic heterocycles. The van der Waals surface area contributed by atoms with Gasteiger partial charge in [0, 0.05) is 0 Å². The normalized spacial score (nSPS) is 9.64. The van der Waals surface area contributed by atoms with E-state index < -0.39 is 0 Å². The van der Waals surface area contributed by atoms with E-state index >= 15 is 0 Å². The van der Waals surface area contributed by atoms with E-state index in [2.05, 4.69) is 5.43 Å². The van der Waals surface area contributed by atoms with E-state index in [1.54, 1.807) is 12.1 Å². The second kappa shape index (κ2) is 3.23. The van der Waals surface area contributed by atoms with Crippen LogP contribution in [0.25, 0.3) is 0 Å². The highest BCUT2D eigenvalue weighted by atomic mass is 16.3. The van der Waals surface area contributed by atoms with Crippen molar-refractivity contribution in [2.45, 2.75) is 6.61 Å². The average molecular weight is 154 g/mol. The zero-order chi connectivity index (χ0) is 8.27. The highest BCUT2D eigenvalue weighted by Gasteiger charge is 1.98. The summed E-state index contributed by atoms with van der Waals surface area (Å²) in [6, 6.07) is 4.73. The molecule has 4 heteroatoms. The molecule has 0 unspecified atom stereocenters. The number of anilines is 1. The molecule has 0 fully saturated rings. The molecule has 0 aliphatic heterocycles. The molecule has 0 saturated heterocycles. The summed E-state index contributed by atoms with van der Waals surface area (Å²) in [7, 11) is 0. The summed E-state index contributed by atoms with van der Waals surface area (Å²) in [5.41, 5.74) is 3.42. The van der Waals surface area contributed by atoms with E-state index in [9.17, 15) is 0 Å². The highest BCUT2D eigenvalue weighted by molar-refractivity contribution is 5.55. The van der Waals surface area contributed by atoms with Crippen molar-refractivity contribution in [1.82, 2.24) is 0 Å².